The molecule has 0 bridgehead atoms. The number of carbonyl (C=O) groups is 3. The fourth-order valence-corrected chi connectivity index (χ4v) is 1.90. The minimum Gasteiger partial charge on any atom is -0.480 e. The van der Waals surface area contributed by atoms with Crippen LogP contribution in [-0.2, 0) is 9.59 Å². The lowest BCUT2D eigenvalue weighted by Gasteiger charge is -2.21. The van der Waals surface area contributed by atoms with Gasteiger partial charge in [0.2, 0.25) is 5.91 Å². The average Bonchev–Trinajstić information content (AvgIpc) is 2.82. The van der Waals surface area contributed by atoms with Crippen LogP contribution in [0.1, 0.15) is 26.7 Å². The summed E-state index contributed by atoms with van der Waals surface area (Å²) < 4.78 is 0. The van der Waals surface area contributed by atoms with Crippen molar-refractivity contribution in [2.45, 2.75) is 32.7 Å². The number of rotatable bonds is 5. The molecule has 0 spiro atoms. The van der Waals surface area contributed by atoms with E-state index in [9.17, 15) is 14.4 Å². The lowest BCUT2D eigenvalue weighted by Crippen LogP contribution is -2.48. The van der Waals surface area contributed by atoms with Crippen molar-refractivity contribution in [2.24, 2.45) is 5.92 Å². The van der Waals surface area contributed by atoms with Gasteiger partial charge in [0.15, 0.2) is 0 Å². The smallest absolute Gasteiger partial charge is 0.326 e. The Morgan fingerprint density at radius 1 is 1.32 bits per heavy atom. The molecule has 1 saturated heterocycles. The maximum atomic E-state index is 11.8. The first-order valence-electron chi connectivity index (χ1n) is 6.45. The highest BCUT2D eigenvalue weighted by molar-refractivity contribution is 5.87. The maximum Gasteiger partial charge on any atom is 0.326 e. The van der Waals surface area contributed by atoms with Gasteiger partial charge in [0.05, 0.1) is 6.54 Å². The maximum absolute atomic E-state index is 11.8. The summed E-state index contributed by atoms with van der Waals surface area (Å²) in [6, 6.07) is -1.27. The Bertz CT molecular complexity index is 357. The van der Waals surface area contributed by atoms with Crippen molar-refractivity contribution in [3.05, 3.63) is 0 Å². The monoisotopic (exact) mass is 271 g/mol. The topological polar surface area (TPSA) is 98.7 Å². The van der Waals surface area contributed by atoms with E-state index in [4.69, 9.17) is 5.11 Å². The standard InChI is InChI=1S/C12H21N3O4/c1-8(2)6-13-10(16)7-14-12(19)15-5-3-4-9(15)11(17)18/h8-9H,3-7H2,1-2H3,(H,13,16)(H,14,19)(H,17,18). The van der Waals surface area contributed by atoms with Gasteiger partial charge in [-0.1, -0.05) is 13.8 Å². The Balaban J connectivity index is 2.34. The van der Waals surface area contributed by atoms with E-state index in [0.717, 1.165) is 0 Å². The van der Waals surface area contributed by atoms with E-state index in [1.165, 1.54) is 4.90 Å². The first-order chi connectivity index (χ1) is 8.91. The Kier molecular flexibility index (Phi) is 5.59. The number of carboxylic acid groups (broad SMARTS) is 1. The fraction of sp³-hybridized carbons (Fsp3) is 0.750. The number of urea groups is 1. The number of carboxylic acids is 1. The van der Waals surface area contributed by atoms with Crippen molar-refractivity contribution < 1.29 is 19.5 Å². The summed E-state index contributed by atoms with van der Waals surface area (Å²) in [4.78, 5) is 35.4. The third kappa shape index (κ3) is 4.76. The van der Waals surface area contributed by atoms with Gasteiger partial charge in [-0.3, -0.25) is 4.79 Å². The van der Waals surface area contributed by atoms with Crippen LogP contribution in [0.5, 0.6) is 0 Å². The van der Waals surface area contributed by atoms with Crippen LogP contribution in [-0.4, -0.2) is 53.6 Å². The number of likely N-dealkylation sites (tertiary alicyclic amines) is 1. The van der Waals surface area contributed by atoms with Crippen LogP contribution in [0.15, 0.2) is 0 Å². The molecule has 0 saturated carbocycles. The molecule has 7 heteroatoms. The molecule has 1 heterocycles. The molecular formula is C12H21N3O4. The van der Waals surface area contributed by atoms with Gasteiger partial charge < -0.3 is 20.6 Å². The predicted molar refractivity (Wildman–Crippen MR) is 68.6 cm³/mol. The molecule has 108 valence electrons. The van der Waals surface area contributed by atoms with Crippen LogP contribution >= 0.6 is 0 Å². The summed E-state index contributed by atoms with van der Waals surface area (Å²) in [5.41, 5.74) is 0. The van der Waals surface area contributed by atoms with Crippen molar-refractivity contribution in [3.63, 3.8) is 0 Å². The minimum atomic E-state index is -1.00. The molecule has 0 aromatic heterocycles. The molecule has 7 nitrogen and oxygen atoms in total. The number of hydrogen-bond acceptors (Lipinski definition) is 3. The highest BCUT2D eigenvalue weighted by atomic mass is 16.4. The summed E-state index contributed by atoms with van der Waals surface area (Å²) in [6.45, 7) is 4.78. The molecule has 0 aromatic rings. The van der Waals surface area contributed by atoms with Crippen molar-refractivity contribution in [3.8, 4) is 0 Å². The minimum absolute atomic E-state index is 0.131. The predicted octanol–water partition coefficient (Wildman–Crippen LogP) is 0.0172. The van der Waals surface area contributed by atoms with E-state index in [0.29, 0.717) is 31.8 Å². The Labute approximate surface area is 112 Å². The first kappa shape index (κ1) is 15.3. The van der Waals surface area contributed by atoms with Crippen LogP contribution in [0.25, 0.3) is 0 Å². The quantitative estimate of drug-likeness (QED) is 0.656. The number of aliphatic carboxylic acids is 1. The van der Waals surface area contributed by atoms with Crippen LogP contribution in [0.3, 0.4) is 0 Å². The molecule has 1 fully saturated rings. The number of amides is 3. The average molecular weight is 271 g/mol. The Morgan fingerprint density at radius 3 is 2.58 bits per heavy atom. The van der Waals surface area contributed by atoms with Gasteiger partial charge in [-0.15, -0.1) is 0 Å². The normalized spacial score (nSPS) is 18.5. The van der Waals surface area contributed by atoms with Crippen molar-refractivity contribution in [2.75, 3.05) is 19.6 Å². The Morgan fingerprint density at radius 2 is 2.00 bits per heavy atom. The zero-order chi connectivity index (χ0) is 14.4. The number of nitrogens with one attached hydrogen (secondary N) is 2. The molecule has 1 atom stereocenters. The summed E-state index contributed by atoms with van der Waals surface area (Å²) in [5, 5.41) is 14.1. The molecule has 0 aliphatic carbocycles. The SMILES string of the molecule is CC(C)CNC(=O)CNC(=O)N1CCCC1C(=O)O. The summed E-state index contributed by atoms with van der Waals surface area (Å²) >= 11 is 0. The van der Waals surface area contributed by atoms with Crippen molar-refractivity contribution >= 4 is 17.9 Å². The van der Waals surface area contributed by atoms with E-state index < -0.39 is 18.0 Å². The lowest BCUT2D eigenvalue weighted by atomic mass is 10.2. The van der Waals surface area contributed by atoms with E-state index in [-0.39, 0.29) is 12.5 Å². The first-order valence-corrected chi connectivity index (χ1v) is 6.45. The van der Waals surface area contributed by atoms with E-state index in [1.54, 1.807) is 0 Å². The van der Waals surface area contributed by atoms with E-state index in [1.807, 2.05) is 13.8 Å². The van der Waals surface area contributed by atoms with Crippen LogP contribution in [0, 0.1) is 5.92 Å². The molecule has 1 aliphatic heterocycles. The number of hydrogen-bond donors (Lipinski definition) is 3. The third-order valence-electron chi connectivity index (χ3n) is 2.91. The van der Waals surface area contributed by atoms with Gasteiger partial charge in [-0.25, -0.2) is 9.59 Å². The molecule has 0 radical (unpaired) electrons. The third-order valence-corrected chi connectivity index (χ3v) is 2.91. The zero-order valence-electron chi connectivity index (χ0n) is 11.3. The molecule has 1 rings (SSSR count). The van der Waals surface area contributed by atoms with Crippen molar-refractivity contribution in [1.82, 2.24) is 15.5 Å². The van der Waals surface area contributed by atoms with Gasteiger partial charge >= 0.3 is 12.0 Å². The van der Waals surface area contributed by atoms with Gasteiger partial charge in [-0.2, -0.15) is 0 Å². The molecule has 1 unspecified atom stereocenters. The van der Waals surface area contributed by atoms with Gasteiger partial charge in [-0.05, 0) is 18.8 Å². The van der Waals surface area contributed by atoms with E-state index >= 15 is 0 Å². The summed E-state index contributed by atoms with van der Waals surface area (Å²) in [7, 11) is 0. The van der Waals surface area contributed by atoms with Crippen LogP contribution < -0.4 is 10.6 Å². The zero-order valence-corrected chi connectivity index (χ0v) is 11.3. The lowest BCUT2D eigenvalue weighted by molar-refractivity contribution is -0.141. The number of nitrogens with zero attached hydrogens (tertiary/aromatic N) is 1. The number of carbonyl (C=O) groups excluding carboxylic acids is 2. The molecular weight excluding hydrogens is 250 g/mol. The largest absolute Gasteiger partial charge is 0.480 e. The highest BCUT2D eigenvalue weighted by Crippen LogP contribution is 2.16. The fourth-order valence-electron chi connectivity index (χ4n) is 1.90. The molecule has 0 aromatic carbocycles. The van der Waals surface area contributed by atoms with Gasteiger partial charge in [0, 0.05) is 13.1 Å². The Hall–Kier alpha value is -1.79. The molecule has 19 heavy (non-hydrogen) atoms. The van der Waals surface area contributed by atoms with Gasteiger partial charge in [0.1, 0.15) is 6.04 Å². The van der Waals surface area contributed by atoms with Crippen molar-refractivity contribution in [1.29, 1.82) is 0 Å². The molecule has 1 aliphatic rings. The van der Waals surface area contributed by atoms with Crippen LogP contribution in [0.4, 0.5) is 4.79 Å². The summed E-state index contributed by atoms with van der Waals surface area (Å²) in [5.74, 6) is -0.931. The second kappa shape index (κ2) is 6.96. The van der Waals surface area contributed by atoms with E-state index in [2.05, 4.69) is 10.6 Å². The second-order valence-corrected chi connectivity index (χ2v) is 5.05. The van der Waals surface area contributed by atoms with Crippen LogP contribution in [0.2, 0.25) is 0 Å². The van der Waals surface area contributed by atoms with Gasteiger partial charge in [0.25, 0.3) is 0 Å². The second-order valence-electron chi connectivity index (χ2n) is 5.05. The summed E-state index contributed by atoms with van der Waals surface area (Å²) in [6.07, 6.45) is 1.13. The highest BCUT2D eigenvalue weighted by Gasteiger charge is 2.33. The molecule has 3 N–H and O–H groups in total. The molecule has 3 amide bonds.